The van der Waals surface area contributed by atoms with Gasteiger partial charge in [-0.15, -0.1) is 0 Å². The van der Waals surface area contributed by atoms with E-state index in [1.165, 1.54) is 6.41 Å². The minimum absolute atomic E-state index is 0.0127. The molecular weight excluding hydrogens is 172 g/mol. The Morgan fingerprint density at radius 2 is 2.00 bits per heavy atom. The van der Waals surface area contributed by atoms with Gasteiger partial charge in [-0.2, -0.15) is 0 Å². The molecule has 0 heterocycles. The molecule has 0 bridgehead atoms. The molecule has 0 saturated heterocycles. The Hall–Kier alpha value is 0.340. The first-order valence-corrected chi connectivity index (χ1v) is 2.86. The number of amides is 1. The van der Waals surface area contributed by atoms with Crippen LogP contribution in [-0.4, -0.2) is 16.7 Å². The van der Waals surface area contributed by atoms with Crippen LogP contribution in [0.5, 0.6) is 0 Å². The smallest absolute Gasteiger partial charge is 0.309 e. The second-order valence-corrected chi connectivity index (χ2v) is 3.59. The van der Waals surface area contributed by atoms with Gasteiger partial charge in [-0.05, 0) is 0 Å². The molecule has 0 aliphatic heterocycles. The zero-order chi connectivity index (χ0) is 6.62. The van der Waals surface area contributed by atoms with E-state index in [9.17, 15) is 4.79 Å². The zero-order valence-electron chi connectivity index (χ0n) is 3.75. The Morgan fingerprint density at radius 3 is 2.12 bits per heavy atom. The normalized spacial score (nSPS) is 10.9. The van der Waals surface area contributed by atoms with Gasteiger partial charge in [0.25, 0.3) is 0 Å². The summed E-state index contributed by atoms with van der Waals surface area (Å²) in [6.45, 7) is -0.0127. The molecule has 0 aromatic carbocycles. The van der Waals surface area contributed by atoms with E-state index < -0.39 is 3.79 Å². The lowest BCUT2D eigenvalue weighted by molar-refractivity contribution is 0.543. The van der Waals surface area contributed by atoms with Crippen molar-refractivity contribution < 1.29 is 4.79 Å². The fourth-order valence-corrected chi connectivity index (χ4v) is 0.337. The predicted octanol–water partition coefficient (Wildman–Crippen LogP) is 1.01. The quantitative estimate of drug-likeness (QED) is 0.493. The van der Waals surface area contributed by atoms with Crippen molar-refractivity contribution >= 4 is 41.2 Å². The van der Waals surface area contributed by atoms with E-state index in [1.807, 2.05) is 0 Å². The first-order chi connectivity index (χ1) is 3.56. The molecule has 5 heteroatoms. The van der Waals surface area contributed by atoms with E-state index in [2.05, 4.69) is 5.32 Å². The van der Waals surface area contributed by atoms with Gasteiger partial charge in [-0.3, -0.25) is 4.79 Å². The van der Waals surface area contributed by atoms with Crippen LogP contribution < -0.4 is 5.32 Å². The largest absolute Gasteiger partial charge is 0.344 e. The highest BCUT2D eigenvalue weighted by Gasteiger charge is 2.17. The van der Waals surface area contributed by atoms with Crippen molar-refractivity contribution in [2.45, 2.75) is 3.79 Å². The van der Waals surface area contributed by atoms with Crippen LogP contribution in [0.3, 0.4) is 0 Å². The van der Waals surface area contributed by atoms with Crippen molar-refractivity contribution in [1.29, 1.82) is 0 Å². The van der Waals surface area contributed by atoms with Crippen LogP contribution in [0, 0.1) is 0 Å². The molecule has 47 valence electrons. The van der Waals surface area contributed by atoms with Gasteiger partial charge in [0, 0.05) is 0 Å². The number of carbonyl (C=O) groups excluding carboxylic acids is 1. The maximum absolute atomic E-state index is 9.44. The van der Waals surface area contributed by atoms with Crippen molar-refractivity contribution in [1.82, 2.24) is 5.32 Å². The van der Waals surface area contributed by atoms with Gasteiger partial charge in [0.05, 0.1) is 6.54 Å². The summed E-state index contributed by atoms with van der Waals surface area (Å²) in [5.41, 5.74) is 0. The number of hydrogen-bond donors (Lipinski definition) is 1. The average molecular weight is 175 g/mol. The lowest BCUT2D eigenvalue weighted by Crippen LogP contribution is -2.24. The maximum Gasteiger partial charge on any atom is 0.309 e. The molecule has 0 aromatic heterocycles. The minimum atomic E-state index is -1.41. The van der Waals surface area contributed by atoms with Crippen LogP contribution in [0.2, 0.25) is 0 Å². The third-order valence-corrected chi connectivity index (χ3v) is 0.762. The van der Waals surface area contributed by atoms with Gasteiger partial charge in [-0.25, -0.2) is 0 Å². The van der Waals surface area contributed by atoms with Crippen LogP contribution in [0.25, 0.3) is 0 Å². The number of halogens is 3. The Bertz CT molecular complexity index is 79.1. The highest BCUT2D eigenvalue weighted by molar-refractivity contribution is 6.67. The average Bonchev–Trinajstić information content (AvgIpc) is 1.59. The van der Waals surface area contributed by atoms with E-state index in [4.69, 9.17) is 34.8 Å². The summed E-state index contributed by atoms with van der Waals surface area (Å²) in [4.78, 5) is 9.44. The Labute approximate surface area is 62.1 Å². The van der Waals surface area contributed by atoms with E-state index >= 15 is 0 Å². The highest BCUT2D eigenvalue weighted by Crippen LogP contribution is 2.23. The van der Waals surface area contributed by atoms with E-state index in [1.54, 1.807) is 0 Å². The summed E-state index contributed by atoms with van der Waals surface area (Å²) in [7, 11) is 0. The summed E-state index contributed by atoms with van der Waals surface area (Å²) < 4.78 is -1.41. The van der Waals surface area contributed by atoms with Crippen molar-refractivity contribution in [2.75, 3.05) is 6.54 Å². The van der Waals surface area contributed by atoms with E-state index in [0.717, 1.165) is 0 Å². The first kappa shape index (κ1) is 8.34. The Morgan fingerprint density at radius 1 is 1.50 bits per heavy atom. The molecule has 2 nitrogen and oxygen atoms in total. The molecule has 0 saturated carbocycles. The molecule has 0 aromatic rings. The molecular formula is C3H3Cl3NO. The fourth-order valence-electron chi connectivity index (χ4n) is 0.136. The summed E-state index contributed by atoms with van der Waals surface area (Å²) in [6.07, 6.45) is 1.37. The zero-order valence-corrected chi connectivity index (χ0v) is 6.02. The summed E-state index contributed by atoms with van der Waals surface area (Å²) in [5, 5.41) is 2.09. The number of hydrogen-bond acceptors (Lipinski definition) is 1. The van der Waals surface area contributed by atoms with Gasteiger partial charge < -0.3 is 5.32 Å². The third kappa shape index (κ3) is 6.34. The number of rotatable bonds is 2. The molecule has 0 fully saturated rings. The summed E-state index contributed by atoms with van der Waals surface area (Å²) >= 11 is 15.6. The van der Waals surface area contributed by atoms with Crippen LogP contribution in [0.1, 0.15) is 0 Å². The van der Waals surface area contributed by atoms with Gasteiger partial charge in [0.15, 0.2) is 0 Å². The molecule has 1 N–H and O–H groups in total. The molecule has 8 heavy (non-hydrogen) atoms. The summed E-state index contributed by atoms with van der Waals surface area (Å²) in [6, 6.07) is 0. The van der Waals surface area contributed by atoms with Gasteiger partial charge in [-0.1, -0.05) is 34.8 Å². The van der Waals surface area contributed by atoms with Crippen LogP contribution >= 0.6 is 34.8 Å². The highest BCUT2D eigenvalue weighted by atomic mass is 35.6. The van der Waals surface area contributed by atoms with Crippen LogP contribution in [0.15, 0.2) is 0 Å². The summed E-state index contributed by atoms with van der Waals surface area (Å²) in [5.74, 6) is 0. The minimum Gasteiger partial charge on any atom is -0.344 e. The van der Waals surface area contributed by atoms with E-state index in [0.29, 0.717) is 0 Å². The van der Waals surface area contributed by atoms with Crippen molar-refractivity contribution in [2.24, 2.45) is 0 Å². The predicted molar refractivity (Wildman–Crippen MR) is 34.0 cm³/mol. The Balaban J connectivity index is 3.24. The molecule has 0 atom stereocenters. The fraction of sp³-hybridized carbons (Fsp3) is 0.667. The first-order valence-electron chi connectivity index (χ1n) is 1.73. The SMILES string of the molecule is O=[C]NCC(Cl)(Cl)Cl. The number of nitrogens with one attached hydrogen (secondary N) is 1. The van der Waals surface area contributed by atoms with Gasteiger partial charge in [0.2, 0.25) is 3.79 Å². The molecule has 0 aliphatic rings. The standard InChI is InChI=1S/C3H3Cl3NO/c4-3(5,6)1-7-2-8/h1H2,(H,7,8). The van der Waals surface area contributed by atoms with Gasteiger partial charge >= 0.3 is 6.41 Å². The molecule has 0 rings (SSSR count). The lowest BCUT2D eigenvalue weighted by atomic mass is 10.7. The Kier molecular flexibility index (Phi) is 3.53. The van der Waals surface area contributed by atoms with Crippen LogP contribution in [-0.2, 0) is 4.79 Å². The molecule has 0 spiro atoms. The van der Waals surface area contributed by atoms with Crippen LogP contribution in [0.4, 0.5) is 0 Å². The third-order valence-electron chi connectivity index (χ3n) is 0.361. The van der Waals surface area contributed by atoms with Gasteiger partial charge in [0.1, 0.15) is 0 Å². The lowest BCUT2D eigenvalue weighted by Gasteiger charge is -2.06. The number of alkyl halides is 3. The van der Waals surface area contributed by atoms with Crippen molar-refractivity contribution in [3.63, 3.8) is 0 Å². The second kappa shape index (κ2) is 3.38. The molecule has 1 radical (unpaired) electrons. The molecule has 0 unspecified atom stereocenters. The molecule has 0 aliphatic carbocycles. The van der Waals surface area contributed by atoms with Crippen molar-refractivity contribution in [3.8, 4) is 0 Å². The topological polar surface area (TPSA) is 29.1 Å². The second-order valence-electron chi connectivity index (χ2n) is 1.07. The maximum atomic E-state index is 9.44. The van der Waals surface area contributed by atoms with Crippen molar-refractivity contribution in [3.05, 3.63) is 0 Å². The van der Waals surface area contributed by atoms with E-state index in [-0.39, 0.29) is 6.54 Å². The monoisotopic (exact) mass is 174 g/mol. The molecule has 1 amide bonds.